The second-order valence-corrected chi connectivity index (χ2v) is 7.09. The molecule has 0 aliphatic carbocycles. The van der Waals surface area contributed by atoms with E-state index in [1.165, 1.54) is 15.8 Å². The Morgan fingerprint density at radius 2 is 2.05 bits per heavy atom. The van der Waals surface area contributed by atoms with Gasteiger partial charge in [0.25, 0.3) is 0 Å². The molecule has 1 unspecified atom stereocenters. The molecule has 0 spiro atoms. The van der Waals surface area contributed by atoms with E-state index < -0.39 is 5.79 Å². The van der Waals surface area contributed by atoms with Crippen LogP contribution in [-0.2, 0) is 9.47 Å². The average molecular weight is 313 g/mol. The summed E-state index contributed by atoms with van der Waals surface area (Å²) in [5.41, 5.74) is 1.23. The Morgan fingerprint density at radius 3 is 2.77 bits per heavy atom. The smallest absolute Gasteiger partial charge is 0.163 e. The van der Waals surface area contributed by atoms with E-state index in [-0.39, 0.29) is 12.1 Å². The summed E-state index contributed by atoms with van der Waals surface area (Å²) in [5, 5.41) is 3.37. The van der Waals surface area contributed by atoms with Crippen molar-refractivity contribution in [3.63, 3.8) is 0 Å². The Bertz CT molecular complexity index is 775. The summed E-state index contributed by atoms with van der Waals surface area (Å²) >= 11 is 1.77. The molecule has 3 heterocycles. The summed E-state index contributed by atoms with van der Waals surface area (Å²) in [6.45, 7) is 4.57. The highest BCUT2D eigenvalue weighted by atomic mass is 32.1. The number of nitrogens with zero attached hydrogens (tertiary/aromatic N) is 1. The van der Waals surface area contributed by atoms with E-state index in [1.807, 2.05) is 13.8 Å². The second-order valence-electron chi connectivity index (χ2n) is 6.11. The van der Waals surface area contributed by atoms with Gasteiger partial charge in [-0.25, -0.2) is 0 Å². The number of hydrogen-bond donors (Lipinski definition) is 0. The lowest BCUT2D eigenvalue weighted by Crippen LogP contribution is -2.29. The van der Waals surface area contributed by atoms with Crippen LogP contribution >= 0.6 is 11.3 Å². The van der Waals surface area contributed by atoms with Crippen molar-refractivity contribution in [1.29, 1.82) is 0 Å². The van der Waals surface area contributed by atoms with Crippen molar-refractivity contribution in [1.82, 2.24) is 4.57 Å². The fourth-order valence-electron chi connectivity index (χ4n) is 3.18. The molecular weight excluding hydrogens is 294 g/mol. The summed E-state index contributed by atoms with van der Waals surface area (Å²) < 4.78 is 14.3. The molecule has 3 aromatic rings. The largest absolute Gasteiger partial charge is 0.348 e. The zero-order chi connectivity index (χ0) is 15.2. The Labute approximate surface area is 134 Å². The lowest BCUT2D eigenvalue weighted by molar-refractivity contribution is -0.141. The number of thiophene rings is 1. The van der Waals surface area contributed by atoms with Crippen LogP contribution in [0.15, 0.2) is 54.0 Å². The normalized spacial score (nSPS) is 22.2. The lowest BCUT2D eigenvalue weighted by Gasteiger charge is -2.25. The van der Waals surface area contributed by atoms with E-state index in [9.17, 15) is 0 Å². The first kappa shape index (κ1) is 14.0. The Kier molecular flexibility index (Phi) is 3.33. The fraction of sp³-hybridized carbons (Fsp3) is 0.333. The first-order valence-corrected chi connectivity index (χ1v) is 8.43. The molecule has 1 saturated heterocycles. The van der Waals surface area contributed by atoms with E-state index in [4.69, 9.17) is 9.47 Å². The molecule has 1 fully saturated rings. The minimum absolute atomic E-state index is 0.0180. The molecule has 2 atom stereocenters. The molecule has 4 rings (SSSR count). The topological polar surface area (TPSA) is 23.4 Å². The standard InChI is InChI=1S/C18H19NO2S/c1-18(2)20-12-15(21-18)17(16-8-5-11-22-16)19-10-9-13-6-3-4-7-14(13)19/h3-11,15,17H,12H2,1-2H3/t15-,17?/m0/s1. The fourth-order valence-corrected chi connectivity index (χ4v) is 4.05. The van der Waals surface area contributed by atoms with Crippen LogP contribution in [-0.4, -0.2) is 23.1 Å². The molecule has 1 aliphatic rings. The number of fused-ring (bicyclic) bond motifs is 1. The molecule has 0 radical (unpaired) electrons. The predicted molar refractivity (Wildman–Crippen MR) is 89.3 cm³/mol. The zero-order valence-corrected chi connectivity index (χ0v) is 13.5. The SMILES string of the molecule is CC1(C)OC[C@@H](C(c2cccs2)n2ccc3ccccc32)O1. The predicted octanol–water partition coefficient (Wildman–Crippen LogP) is 4.44. The van der Waals surface area contributed by atoms with Crippen LogP contribution in [0.5, 0.6) is 0 Å². The van der Waals surface area contributed by atoms with Crippen LogP contribution in [0, 0.1) is 0 Å². The molecule has 3 nitrogen and oxygen atoms in total. The maximum absolute atomic E-state index is 6.17. The summed E-state index contributed by atoms with van der Waals surface area (Å²) in [6, 6.07) is 15.0. The maximum atomic E-state index is 6.17. The van der Waals surface area contributed by atoms with Gasteiger partial charge in [-0.2, -0.15) is 0 Å². The Morgan fingerprint density at radius 1 is 1.18 bits per heavy atom. The van der Waals surface area contributed by atoms with E-state index in [1.54, 1.807) is 11.3 Å². The van der Waals surface area contributed by atoms with E-state index in [0.29, 0.717) is 6.61 Å². The Hall–Kier alpha value is -1.62. The molecule has 114 valence electrons. The third-order valence-corrected chi connectivity index (χ3v) is 5.09. The van der Waals surface area contributed by atoms with Crippen molar-refractivity contribution in [2.45, 2.75) is 31.8 Å². The Balaban J connectivity index is 1.81. The number of benzene rings is 1. The monoisotopic (exact) mass is 313 g/mol. The van der Waals surface area contributed by atoms with Crippen molar-refractivity contribution in [2.24, 2.45) is 0 Å². The third-order valence-electron chi connectivity index (χ3n) is 4.15. The van der Waals surface area contributed by atoms with Crippen molar-refractivity contribution < 1.29 is 9.47 Å². The van der Waals surface area contributed by atoms with Crippen molar-refractivity contribution in [2.75, 3.05) is 6.61 Å². The third kappa shape index (κ3) is 2.37. The van der Waals surface area contributed by atoms with Crippen molar-refractivity contribution in [3.8, 4) is 0 Å². The van der Waals surface area contributed by atoms with Gasteiger partial charge in [-0.15, -0.1) is 11.3 Å². The number of para-hydroxylation sites is 1. The minimum atomic E-state index is -0.511. The highest BCUT2D eigenvalue weighted by Gasteiger charge is 2.39. The molecule has 2 aromatic heterocycles. The van der Waals surface area contributed by atoms with Gasteiger partial charge in [-0.1, -0.05) is 24.3 Å². The minimum Gasteiger partial charge on any atom is -0.348 e. The molecule has 4 heteroatoms. The highest BCUT2D eigenvalue weighted by Crippen LogP contribution is 2.37. The van der Waals surface area contributed by atoms with Gasteiger partial charge >= 0.3 is 0 Å². The van der Waals surface area contributed by atoms with E-state index >= 15 is 0 Å². The molecule has 0 saturated carbocycles. The van der Waals surface area contributed by atoms with Gasteiger partial charge in [-0.3, -0.25) is 0 Å². The molecular formula is C18H19NO2S. The maximum Gasteiger partial charge on any atom is 0.163 e. The van der Waals surface area contributed by atoms with Crippen LogP contribution in [0.25, 0.3) is 10.9 Å². The molecule has 0 amide bonds. The van der Waals surface area contributed by atoms with E-state index in [0.717, 1.165) is 0 Å². The first-order valence-electron chi connectivity index (χ1n) is 7.55. The summed E-state index contributed by atoms with van der Waals surface area (Å²) in [4.78, 5) is 1.30. The second kappa shape index (κ2) is 5.23. The number of hydrogen-bond acceptors (Lipinski definition) is 3. The molecule has 0 bridgehead atoms. The lowest BCUT2D eigenvalue weighted by atomic mass is 10.1. The zero-order valence-electron chi connectivity index (χ0n) is 12.7. The van der Waals surface area contributed by atoms with Gasteiger partial charge in [0, 0.05) is 16.6 Å². The molecule has 1 aliphatic heterocycles. The van der Waals surface area contributed by atoms with E-state index in [2.05, 4.69) is 58.6 Å². The number of rotatable bonds is 3. The van der Waals surface area contributed by atoms with Crippen LogP contribution in [0.4, 0.5) is 0 Å². The molecule has 0 N–H and O–H groups in total. The van der Waals surface area contributed by atoms with Gasteiger partial charge in [-0.05, 0) is 42.8 Å². The highest BCUT2D eigenvalue weighted by molar-refractivity contribution is 7.10. The molecule has 1 aromatic carbocycles. The van der Waals surface area contributed by atoms with Crippen molar-refractivity contribution in [3.05, 3.63) is 58.9 Å². The van der Waals surface area contributed by atoms with Crippen LogP contribution < -0.4 is 0 Å². The van der Waals surface area contributed by atoms with Crippen LogP contribution in [0.3, 0.4) is 0 Å². The summed E-state index contributed by atoms with van der Waals surface area (Å²) in [7, 11) is 0. The summed E-state index contributed by atoms with van der Waals surface area (Å²) in [5.74, 6) is -0.511. The molecule has 22 heavy (non-hydrogen) atoms. The van der Waals surface area contributed by atoms with Gasteiger partial charge in [0.15, 0.2) is 5.79 Å². The van der Waals surface area contributed by atoms with Gasteiger partial charge < -0.3 is 14.0 Å². The van der Waals surface area contributed by atoms with Gasteiger partial charge in [0.05, 0.1) is 12.6 Å². The number of ether oxygens (including phenoxy) is 2. The quantitative estimate of drug-likeness (QED) is 0.713. The van der Waals surface area contributed by atoms with Crippen molar-refractivity contribution >= 4 is 22.2 Å². The van der Waals surface area contributed by atoms with Crippen LogP contribution in [0.2, 0.25) is 0 Å². The summed E-state index contributed by atoms with van der Waals surface area (Å²) in [6.07, 6.45) is 2.17. The van der Waals surface area contributed by atoms with Crippen LogP contribution in [0.1, 0.15) is 24.8 Å². The van der Waals surface area contributed by atoms with Gasteiger partial charge in [0.1, 0.15) is 6.10 Å². The van der Waals surface area contributed by atoms with Gasteiger partial charge in [0.2, 0.25) is 0 Å². The number of aromatic nitrogens is 1. The first-order chi connectivity index (χ1) is 10.6. The average Bonchev–Trinajstić information content (AvgIpc) is 3.21.